The van der Waals surface area contributed by atoms with E-state index >= 15 is 0 Å². The molecule has 1 radical (unpaired) electrons. The van der Waals surface area contributed by atoms with Gasteiger partial charge in [-0.25, -0.2) is 0 Å². The van der Waals surface area contributed by atoms with E-state index in [9.17, 15) is 4.79 Å². The first-order valence-corrected chi connectivity index (χ1v) is 6.23. The quantitative estimate of drug-likeness (QED) is 0.783. The van der Waals surface area contributed by atoms with Gasteiger partial charge < -0.3 is 10.2 Å². The Balaban J connectivity index is 1.63. The van der Waals surface area contributed by atoms with Crippen LogP contribution < -0.4 is 5.32 Å². The second kappa shape index (κ2) is 6.40. The van der Waals surface area contributed by atoms with Crippen molar-refractivity contribution in [2.75, 3.05) is 26.2 Å². The van der Waals surface area contributed by atoms with Crippen LogP contribution in [0.2, 0.25) is 0 Å². The summed E-state index contributed by atoms with van der Waals surface area (Å²) in [5, 5.41) is 2.95. The molecule has 3 heteroatoms. The summed E-state index contributed by atoms with van der Waals surface area (Å²) < 4.78 is 0. The zero-order chi connectivity index (χ0) is 11.9. The second-order valence-electron chi connectivity index (χ2n) is 4.35. The number of benzene rings is 1. The number of amides is 1. The summed E-state index contributed by atoms with van der Waals surface area (Å²) in [7, 11) is 0. The zero-order valence-electron chi connectivity index (χ0n) is 10.1. The Bertz CT molecular complexity index is 344. The molecule has 1 saturated heterocycles. The molecule has 2 rings (SSSR count). The van der Waals surface area contributed by atoms with Crippen molar-refractivity contribution in [1.82, 2.24) is 10.2 Å². The molecule has 17 heavy (non-hydrogen) atoms. The van der Waals surface area contributed by atoms with Crippen molar-refractivity contribution < 1.29 is 4.79 Å². The first-order chi connectivity index (χ1) is 8.36. The van der Waals surface area contributed by atoms with Crippen LogP contribution >= 0.6 is 0 Å². The molecule has 1 N–H and O–H groups in total. The van der Waals surface area contributed by atoms with Gasteiger partial charge in [0, 0.05) is 18.7 Å². The lowest BCUT2D eigenvalue weighted by Gasteiger charge is -2.14. The van der Waals surface area contributed by atoms with Gasteiger partial charge >= 0.3 is 0 Å². The van der Waals surface area contributed by atoms with E-state index in [1.54, 1.807) is 0 Å². The topological polar surface area (TPSA) is 32.3 Å². The number of hydrogen-bond donors (Lipinski definition) is 1. The van der Waals surface area contributed by atoms with Crippen molar-refractivity contribution in [2.45, 2.75) is 12.8 Å². The number of carbonyl (C=O) groups is 1. The smallest absolute Gasteiger partial charge is 0.251 e. The van der Waals surface area contributed by atoms with Gasteiger partial charge in [-0.2, -0.15) is 0 Å². The Morgan fingerprint density at radius 3 is 2.82 bits per heavy atom. The van der Waals surface area contributed by atoms with E-state index < -0.39 is 0 Å². The highest BCUT2D eigenvalue weighted by Gasteiger charge is 2.10. The average Bonchev–Trinajstić information content (AvgIpc) is 2.88. The van der Waals surface area contributed by atoms with E-state index in [-0.39, 0.29) is 5.91 Å². The van der Waals surface area contributed by atoms with E-state index in [4.69, 9.17) is 0 Å². The van der Waals surface area contributed by atoms with E-state index in [1.807, 2.05) is 30.3 Å². The maximum Gasteiger partial charge on any atom is 0.251 e. The number of nitrogens with one attached hydrogen (secondary N) is 1. The van der Waals surface area contributed by atoms with Crippen LogP contribution in [-0.2, 0) is 0 Å². The van der Waals surface area contributed by atoms with Gasteiger partial charge in [0.15, 0.2) is 0 Å². The van der Waals surface area contributed by atoms with Gasteiger partial charge in [0.25, 0.3) is 5.91 Å². The minimum atomic E-state index is 0.0265. The van der Waals surface area contributed by atoms with Gasteiger partial charge in [0.1, 0.15) is 0 Å². The van der Waals surface area contributed by atoms with Crippen molar-refractivity contribution in [3.05, 3.63) is 42.3 Å². The Labute approximate surface area is 103 Å². The third-order valence-corrected chi connectivity index (χ3v) is 3.01. The van der Waals surface area contributed by atoms with Crippen LogP contribution in [0.4, 0.5) is 0 Å². The van der Waals surface area contributed by atoms with Crippen molar-refractivity contribution in [1.29, 1.82) is 0 Å². The van der Waals surface area contributed by atoms with Crippen LogP contribution in [0.5, 0.6) is 0 Å². The van der Waals surface area contributed by atoms with E-state index in [1.165, 1.54) is 13.0 Å². The Morgan fingerprint density at radius 1 is 1.29 bits per heavy atom. The summed E-state index contributed by atoms with van der Waals surface area (Å²) in [6.07, 6.45) is 4.53. The molecule has 1 aliphatic rings. The number of rotatable bonds is 5. The highest BCUT2D eigenvalue weighted by Crippen LogP contribution is 2.06. The summed E-state index contributed by atoms with van der Waals surface area (Å²) in [5.41, 5.74) is 0.738. The summed E-state index contributed by atoms with van der Waals surface area (Å²) >= 11 is 0. The van der Waals surface area contributed by atoms with E-state index in [0.717, 1.165) is 31.6 Å². The van der Waals surface area contributed by atoms with Crippen molar-refractivity contribution in [2.24, 2.45) is 0 Å². The molecule has 1 amide bonds. The maximum atomic E-state index is 11.7. The number of carbonyl (C=O) groups excluding carboxylic acids is 1. The molecular weight excluding hydrogens is 212 g/mol. The van der Waals surface area contributed by atoms with Crippen LogP contribution in [-0.4, -0.2) is 37.0 Å². The predicted octanol–water partition coefficient (Wildman–Crippen LogP) is 1.72. The van der Waals surface area contributed by atoms with Crippen molar-refractivity contribution in [3.8, 4) is 0 Å². The van der Waals surface area contributed by atoms with Gasteiger partial charge in [-0.15, -0.1) is 0 Å². The fraction of sp³-hybridized carbons (Fsp3) is 0.429. The summed E-state index contributed by atoms with van der Waals surface area (Å²) in [5.74, 6) is 0.0265. The molecule has 1 aromatic rings. The zero-order valence-corrected chi connectivity index (χ0v) is 10.1. The van der Waals surface area contributed by atoms with Gasteiger partial charge in [-0.1, -0.05) is 18.2 Å². The molecule has 1 fully saturated rings. The summed E-state index contributed by atoms with van der Waals surface area (Å²) in [6, 6.07) is 9.36. The summed E-state index contributed by atoms with van der Waals surface area (Å²) in [4.78, 5) is 14.1. The van der Waals surface area contributed by atoms with E-state index in [0.29, 0.717) is 0 Å². The lowest BCUT2D eigenvalue weighted by atomic mass is 10.2. The maximum absolute atomic E-state index is 11.7. The minimum Gasteiger partial charge on any atom is -0.352 e. The molecule has 0 saturated carbocycles. The van der Waals surface area contributed by atoms with Gasteiger partial charge in [0.05, 0.1) is 0 Å². The molecule has 1 aliphatic heterocycles. The molecule has 0 atom stereocenters. The molecule has 1 aromatic carbocycles. The van der Waals surface area contributed by atoms with Crippen LogP contribution in [0.15, 0.2) is 30.3 Å². The highest BCUT2D eigenvalue weighted by molar-refractivity contribution is 5.94. The first-order valence-electron chi connectivity index (χ1n) is 6.23. The second-order valence-corrected chi connectivity index (χ2v) is 4.35. The Hall–Kier alpha value is -1.35. The van der Waals surface area contributed by atoms with Crippen LogP contribution in [0.25, 0.3) is 0 Å². The van der Waals surface area contributed by atoms with Gasteiger partial charge in [-0.05, 0) is 44.5 Å². The minimum absolute atomic E-state index is 0.0265. The normalized spacial score (nSPS) is 16.0. The molecule has 0 unspecified atom stereocenters. The fourth-order valence-corrected chi connectivity index (χ4v) is 2.04. The third kappa shape index (κ3) is 3.86. The largest absolute Gasteiger partial charge is 0.352 e. The highest BCUT2D eigenvalue weighted by atomic mass is 16.1. The van der Waals surface area contributed by atoms with Gasteiger partial charge in [-0.3, -0.25) is 4.79 Å². The fourth-order valence-electron chi connectivity index (χ4n) is 2.04. The molecule has 0 spiro atoms. The number of nitrogens with zero attached hydrogens (tertiary/aromatic N) is 1. The number of likely N-dealkylation sites (tertiary alicyclic amines) is 1. The molecule has 1 heterocycles. The third-order valence-electron chi connectivity index (χ3n) is 3.01. The molecule has 3 nitrogen and oxygen atoms in total. The molecule has 0 aliphatic carbocycles. The molecule has 0 bridgehead atoms. The lowest BCUT2D eigenvalue weighted by molar-refractivity contribution is 0.0952. The SMILES string of the molecule is O=C(NCCCN1C[CH]CC1)c1ccccc1. The van der Waals surface area contributed by atoms with Crippen molar-refractivity contribution >= 4 is 5.91 Å². The van der Waals surface area contributed by atoms with Crippen LogP contribution in [0, 0.1) is 6.42 Å². The summed E-state index contributed by atoms with van der Waals surface area (Å²) in [6.45, 7) is 4.11. The Morgan fingerprint density at radius 2 is 2.12 bits per heavy atom. The Kier molecular flexibility index (Phi) is 4.56. The molecule has 91 valence electrons. The van der Waals surface area contributed by atoms with E-state index in [2.05, 4.69) is 16.6 Å². The average molecular weight is 231 g/mol. The van der Waals surface area contributed by atoms with Crippen LogP contribution in [0.3, 0.4) is 0 Å². The van der Waals surface area contributed by atoms with Gasteiger partial charge in [0.2, 0.25) is 0 Å². The predicted molar refractivity (Wildman–Crippen MR) is 68.7 cm³/mol. The molecule has 0 aromatic heterocycles. The molecular formula is C14H19N2O. The number of hydrogen-bond acceptors (Lipinski definition) is 2. The lowest BCUT2D eigenvalue weighted by Crippen LogP contribution is -2.28. The van der Waals surface area contributed by atoms with Crippen LogP contribution in [0.1, 0.15) is 23.2 Å². The standard InChI is InChI=1S/C14H19N2O/c17-14(13-7-2-1-3-8-13)15-9-6-12-16-10-4-5-11-16/h1-4,7-8H,5-6,9-12H2,(H,15,17). The first kappa shape index (κ1) is 12.1. The monoisotopic (exact) mass is 231 g/mol. The van der Waals surface area contributed by atoms with Crippen molar-refractivity contribution in [3.63, 3.8) is 0 Å².